The monoisotopic (exact) mass is 416 g/mol. The number of carboxylic acid groups (broad SMARTS) is 1. The predicted molar refractivity (Wildman–Crippen MR) is 94.2 cm³/mol. The van der Waals surface area contributed by atoms with E-state index in [2.05, 4.69) is 10.6 Å². The van der Waals surface area contributed by atoms with Gasteiger partial charge in [-0.2, -0.15) is 13.2 Å². The Kier molecular flexibility index (Phi) is 5.22. The van der Waals surface area contributed by atoms with E-state index in [1.165, 1.54) is 24.3 Å². The molecule has 1 aromatic rings. The van der Waals surface area contributed by atoms with Crippen molar-refractivity contribution in [3.63, 3.8) is 0 Å². The number of imide groups is 1. The zero-order valence-corrected chi connectivity index (χ0v) is 15.9. The third-order valence-electron chi connectivity index (χ3n) is 5.06. The molecule has 4 unspecified atom stereocenters. The second kappa shape index (κ2) is 7.07. The molecule has 0 bridgehead atoms. The summed E-state index contributed by atoms with van der Waals surface area (Å²) in [4.78, 5) is 36.9. The minimum Gasteiger partial charge on any atom is -0.480 e. The van der Waals surface area contributed by atoms with Crippen molar-refractivity contribution in [3.8, 4) is 0 Å². The van der Waals surface area contributed by atoms with E-state index in [1.807, 2.05) is 0 Å². The number of benzene rings is 1. The summed E-state index contributed by atoms with van der Waals surface area (Å²) >= 11 is -0.294. The van der Waals surface area contributed by atoms with Crippen LogP contribution in [-0.4, -0.2) is 33.9 Å². The lowest BCUT2D eigenvalue weighted by Crippen LogP contribution is -2.56. The topological polar surface area (TPSA) is 95.5 Å². The second-order valence-electron chi connectivity index (χ2n) is 7.47. The fraction of sp³-hybridized carbons (Fsp3) is 0.500. The number of amides is 2. The first-order valence-electron chi connectivity index (χ1n) is 8.66. The number of nitrogens with one attached hydrogen (secondary N) is 2. The van der Waals surface area contributed by atoms with Crippen LogP contribution in [0.1, 0.15) is 31.9 Å². The Labute approximate surface area is 163 Å². The van der Waals surface area contributed by atoms with Crippen LogP contribution in [0.25, 0.3) is 0 Å². The van der Waals surface area contributed by atoms with Gasteiger partial charge < -0.3 is 5.11 Å². The SMILES string of the molecule is CC(C)CC1(C(=O)O)NC(c2cccc(SC(F)(F)F)c2)C2C(=O)NC(=O)C21. The number of thioether (sulfide) groups is 1. The number of fused-ring (bicyclic) bond motifs is 1. The van der Waals surface area contributed by atoms with Crippen LogP contribution >= 0.6 is 11.8 Å². The first-order valence-corrected chi connectivity index (χ1v) is 9.48. The molecule has 4 atom stereocenters. The number of carbonyl (C=O) groups is 3. The van der Waals surface area contributed by atoms with Crippen molar-refractivity contribution in [2.24, 2.45) is 17.8 Å². The van der Waals surface area contributed by atoms with Crippen LogP contribution in [-0.2, 0) is 14.4 Å². The molecule has 0 spiro atoms. The van der Waals surface area contributed by atoms with Gasteiger partial charge in [-0.25, -0.2) is 0 Å². The van der Waals surface area contributed by atoms with Crippen molar-refractivity contribution < 1.29 is 32.7 Å². The van der Waals surface area contributed by atoms with Crippen LogP contribution in [0, 0.1) is 17.8 Å². The van der Waals surface area contributed by atoms with Crippen LogP contribution in [0.3, 0.4) is 0 Å². The van der Waals surface area contributed by atoms with Gasteiger partial charge in [0.05, 0.1) is 11.8 Å². The van der Waals surface area contributed by atoms with Gasteiger partial charge in [0.25, 0.3) is 0 Å². The van der Waals surface area contributed by atoms with E-state index >= 15 is 0 Å². The van der Waals surface area contributed by atoms with Gasteiger partial charge in [-0.05, 0) is 41.8 Å². The molecule has 6 nitrogen and oxygen atoms in total. The molecule has 3 rings (SSSR count). The first-order chi connectivity index (χ1) is 12.9. The zero-order chi connectivity index (χ0) is 20.9. The average molecular weight is 416 g/mol. The van der Waals surface area contributed by atoms with E-state index in [-0.39, 0.29) is 29.0 Å². The van der Waals surface area contributed by atoms with Gasteiger partial charge in [0, 0.05) is 10.9 Å². The number of hydrogen-bond donors (Lipinski definition) is 3. The highest BCUT2D eigenvalue weighted by Crippen LogP contribution is 2.49. The summed E-state index contributed by atoms with van der Waals surface area (Å²) in [7, 11) is 0. The maximum atomic E-state index is 12.7. The van der Waals surface area contributed by atoms with E-state index in [0.717, 1.165) is 0 Å². The highest BCUT2D eigenvalue weighted by molar-refractivity contribution is 8.00. The van der Waals surface area contributed by atoms with Crippen LogP contribution in [0.4, 0.5) is 13.2 Å². The third kappa shape index (κ3) is 3.62. The molecule has 2 aliphatic heterocycles. The van der Waals surface area contributed by atoms with Crippen molar-refractivity contribution in [2.45, 2.75) is 42.3 Å². The summed E-state index contributed by atoms with van der Waals surface area (Å²) in [5, 5.41) is 15.0. The minimum atomic E-state index is -4.48. The highest BCUT2D eigenvalue weighted by atomic mass is 32.2. The Bertz CT molecular complexity index is 829. The molecule has 152 valence electrons. The first kappa shape index (κ1) is 20.7. The lowest BCUT2D eigenvalue weighted by molar-refractivity contribution is -0.150. The van der Waals surface area contributed by atoms with Gasteiger partial charge in [-0.1, -0.05) is 26.0 Å². The van der Waals surface area contributed by atoms with Gasteiger partial charge in [0.2, 0.25) is 11.8 Å². The Balaban J connectivity index is 2.05. The molecule has 2 amide bonds. The number of aliphatic carboxylic acids is 1. The van der Waals surface area contributed by atoms with Crippen LogP contribution in [0.5, 0.6) is 0 Å². The molecule has 0 radical (unpaired) electrons. The molecule has 2 heterocycles. The number of carbonyl (C=O) groups excluding carboxylic acids is 2. The van der Waals surface area contributed by atoms with E-state index < -0.39 is 46.7 Å². The Hall–Kier alpha value is -2.07. The summed E-state index contributed by atoms with van der Waals surface area (Å²) in [6.07, 6.45) is 0.0949. The number of hydrogen-bond acceptors (Lipinski definition) is 5. The van der Waals surface area contributed by atoms with Crippen LogP contribution in [0.2, 0.25) is 0 Å². The van der Waals surface area contributed by atoms with Crippen molar-refractivity contribution in [1.29, 1.82) is 0 Å². The van der Waals surface area contributed by atoms with Crippen LogP contribution in [0.15, 0.2) is 29.2 Å². The van der Waals surface area contributed by atoms with E-state index in [1.54, 1.807) is 13.8 Å². The second-order valence-corrected chi connectivity index (χ2v) is 8.61. The molecule has 2 fully saturated rings. The number of halogens is 3. The molecule has 0 saturated carbocycles. The fourth-order valence-electron chi connectivity index (χ4n) is 4.24. The predicted octanol–water partition coefficient (Wildman–Crippen LogP) is 2.70. The molecule has 2 aliphatic rings. The Morgan fingerprint density at radius 3 is 2.54 bits per heavy atom. The van der Waals surface area contributed by atoms with Crippen molar-refractivity contribution in [3.05, 3.63) is 29.8 Å². The van der Waals surface area contributed by atoms with Crippen molar-refractivity contribution >= 4 is 29.5 Å². The van der Waals surface area contributed by atoms with Gasteiger partial charge in [-0.15, -0.1) is 0 Å². The molecule has 1 aromatic carbocycles. The number of rotatable bonds is 5. The smallest absolute Gasteiger partial charge is 0.446 e. The summed E-state index contributed by atoms with van der Waals surface area (Å²) in [5.41, 5.74) is -5.82. The molecule has 0 aromatic heterocycles. The van der Waals surface area contributed by atoms with Gasteiger partial charge >= 0.3 is 11.5 Å². The Morgan fingerprint density at radius 1 is 1.29 bits per heavy atom. The third-order valence-corrected chi connectivity index (χ3v) is 5.78. The quantitative estimate of drug-likeness (QED) is 0.505. The lowest BCUT2D eigenvalue weighted by Gasteiger charge is -2.31. The standard InChI is InChI=1S/C18H19F3N2O4S/c1-8(2)7-17(16(26)27)12-11(14(24)22-15(12)25)13(23-17)9-4-3-5-10(6-9)28-18(19,20)21/h3-6,8,11-13,23H,7H2,1-2H3,(H,26,27)(H,22,24,25). The fourth-order valence-corrected chi connectivity index (χ4v) is 4.84. The maximum absolute atomic E-state index is 12.7. The summed E-state index contributed by atoms with van der Waals surface area (Å²) in [6.45, 7) is 3.59. The largest absolute Gasteiger partial charge is 0.480 e. The van der Waals surface area contributed by atoms with Gasteiger partial charge in [-0.3, -0.25) is 25.0 Å². The normalized spacial score (nSPS) is 29.9. The van der Waals surface area contributed by atoms with Crippen molar-refractivity contribution in [2.75, 3.05) is 0 Å². The van der Waals surface area contributed by atoms with E-state index in [0.29, 0.717) is 5.56 Å². The molecule has 28 heavy (non-hydrogen) atoms. The molecule has 10 heteroatoms. The lowest BCUT2D eigenvalue weighted by atomic mass is 9.75. The molecule has 0 aliphatic carbocycles. The molecular formula is C18H19F3N2O4S. The maximum Gasteiger partial charge on any atom is 0.446 e. The molecular weight excluding hydrogens is 397 g/mol. The zero-order valence-electron chi connectivity index (χ0n) is 15.0. The highest BCUT2D eigenvalue weighted by Gasteiger charge is 2.66. The van der Waals surface area contributed by atoms with E-state index in [4.69, 9.17) is 0 Å². The minimum absolute atomic E-state index is 0.0789. The van der Waals surface area contributed by atoms with Crippen molar-refractivity contribution in [1.82, 2.24) is 10.6 Å². The van der Waals surface area contributed by atoms with E-state index in [9.17, 15) is 32.7 Å². The molecule has 2 saturated heterocycles. The summed E-state index contributed by atoms with van der Waals surface area (Å²) in [5.74, 6) is -4.79. The number of alkyl halides is 3. The Morgan fingerprint density at radius 2 is 1.96 bits per heavy atom. The number of carboxylic acids is 1. The average Bonchev–Trinajstić information content (AvgIpc) is 3.03. The summed E-state index contributed by atoms with van der Waals surface area (Å²) < 4.78 is 38.1. The van der Waals surface area contributed by atoms with Gasteiger partial charge in [0.1, 0.15) is 5.54 Å². The van der Waals surface area contributed by atoms with Crippen LogP contribution < -0.4 is 10.6 Å². The summed E-state index contributed by atoms with van der Waals surface area (Å²) in [6, 6.07) is 4.61. The van der Waals surface area contributed by atoms with Gasteiger partial charge in [0.15, 0.2) is 0 Å². The molecule has 3 N–H and O–H groups in total.